The summed E-state index contributed by atoms with van der Waals surface area (Å²) in [7, 11) is 0. The fourth-order valence-electron chi connectivity index (χ4n) is 2.95. The Kier molecular flexibility index (Phi) is 4.67. The van der Waals surface area contributed by atoms with E-state index < -0.39 is 0 Å². The Morgan fingerprint density at radius 3 is 2.48 bits per heavy atom. The lowest BCUT2D eigenvalue weighted by molar-refractivity contribution is -0.119. The van der Waals surface area contributed by atoms with Crippen LogP contribution in [0.4, 0.5) is 0 Å². The second-order valence-electron chi connectivity index (χ2n) is 5.77. The number of hydrogen-bond acceptors (Lipinski definition) is 3. The van der Waals surface area contributed by atoms with Crippen molar-refractivity contribution >= 4 is 27.5 Å². The third-order valence-electron chi connectivity index (χ3n) is 4.19. The van der Waals surface area contributed by atoms with Crippen molar-refractivity contribution in [1.29, 1.82) is 0 Å². The van der Waals surface area contributed by atoms with Gasteiger partial charge in [-0.1, -0.05) is 13.8 Å². The van der Waals surface area contributed by atoms with Gasteiger partial charge in [-0.15, -0.1) is 11.3 Å². The van der Waals surface area contributed by atoms with E-state index in [2.05, 4.69) is 39.9 Å². The van der Waals surface area contributed by atoms with E-state index in [0.29, 0.717) is 12.5 Å². The molecule has 1 heterocycles. The average Bonchev–Trinajstić information content (AvgIpc) is 2.87. The number of thiazole rings is 1. The predicted octanol–water partition coefficient (Wildman–Crippen LogP) is 4.02. The van der Waals surface area contributed by atoms with E-state index in [4.69, 9.17) is 4.98 Å². The molecule has 1 amide bonds. The molecule has 0 aliphatic rings. The van der Waals surface area contributed by atoms with Crippen molar-refractivity contribution in [3.8, 4) is 0 Å². The van der Waals surface area contributed by atoms with Crippen molar-refractivity contribution in [2.45, 2.75) is 53.9 Å². The Hall–Kier alpha value is -1.42. The molecule has 1 aromatic carbocycles. The van der Waals surface area contributed by atoms with Gasteiger partial charge in [-0.25, -0.2) is 4.98 Å². The molecule has 1 N–H and O–H groups in total. The zero-order chi connectivity index (χ0) is 15.7. The molecule has 0 saturated heterocycles. The summed E-state index contributed by atoms with van der Waals surface area (Å²) in [6, 6.07) is 0. The number of carbonyl (C=O) groups is 1. The topological polar surface area (TPSA) is 42.0 Å². The average molecular weight is 304 g/mol. The number of rotatable bonds is 4. The highest BCUT2D eigenvalue weighted by Gasteiger charge is 2.19. The Balaban J connectivity index is 2.55. The van der Waals surface area contributed by atoms with Gasteiger partial charge in [0, 0.05) is 13.5 Å². The molecule has 0 bridgehead atoms. The number of fused-ring (bicyclic) bond motifs is 1. The van der Waals surface area contributed by atoms with Crippen LogP contribution in [-0.4, -0.2) is 17.4 Å². The SMILES string of the molecule is CCc1nc2c(C)c(C)c(C(C)CNC(C)=O)c(C)c2s1. The summed E-state index contributed by atoms with van der Waals surface area (Å²) in [6.45, 7) is 13.1. The van der Waals surface area contributed by atoms with E-state index in [1.807, 2.05) is 0 Å². The third-order valence-corrected chi connectivity index (χ3v) is 5.51. The van der Waals surface area contributed by atoms with Crippen LogP contribution in [0.25, 0.3) is 10.2 Å². The number of aromatic nitrogens is 1. The van der Waals surface area contributed by atoms with Crippen LogP contribution < -0.4 is 5.32 Å². The summed E-state index contributed by atoms with van der Waals surface area (Å²) >= 11 is 1.80. The first kappa shape index (κ1) is 16.0. The van der Waals surface area contributed by atoms with Crippen molar-refractivity contribution in [3.63, 3.8) is 0 Å². The summed E-state index contributed by atoms with van der Waals surface area (Å²) < 4.78 is 1.31. The van der Waals surface area contributed by atoms with E-state index >= 15 is 0 Å². The fourth-order valence-corrected chi connectivity index (χ4v) is 4.02. The molecule has 21 heavy (non-hydrogen) atoms. The molecule has 1 atom stereocenters. The van der Waals surface area contributed by atoms with E-state index in [0.717, 1.165) is 11.9 Å². The van der Waals surface area contributed by atoms with Crippen molar-refractivity contribution < 1.29 is 4.79 Å². The second-order valence-corrected chi connectivity index (χ2v) is 6.85. The van der Waals surface area contributed by atoms with Gasteiger partial charge in [-0.3, -0.25) is 4.79 Å². The first-order valence-electron chi connectivity index (χ1n) is 7.50. The van der Waals surface area contributed by atoms with Crippen molar-refractivity contribution in [2.75, 3.05) is 6.54 Å². The first-order valence-corrected chi connectivity index (χ1v) is 8.31. The van der Waals surface area contributed by atoms with Gasteiger partial charge in [0.05, 0.1) is 15.2 Å². The quantitative estimate of drug-likeness (QED) is 0.927. The molecule has 2 rings (SSSR count). The van der Waals surface area contributed by atoms with Crippen molar-refractivity contribution in [2.24, 2.45) is 0 Å². The predicted molar refractivity (Wildman–Crippen MR) is 90.3 cm³/mol. The molecule has 114 valence electrons. The Morgan fingerprint density at radius 1 is 1.24 bits per heavy atom. The minimum absolute atomic E-state index is 0.0287. The zero-order valence-electron chi connectivity index (χ0n) is 13.8. The molecule has 0 saturated carbocycles. The molecule has 0 fully saturated rings. The third kappa shape index (κ3) is 2.95. The van der Waals surface area contributed by atoms with Crippen LogP contribution in [0, 0.1) is 20.8 Å². The lowest BCUT2D eigenvalue weighted by Crippen LogP contribution is -2.25. The van der Waals surface area contributed by atoms with E-state index in [9.17, 15) is 4.79 Å². The summed E-state index contributed by atoms with van der Waals surface area (Å²) in [6.07, 6.45) is 0.980. The molecule has 0 spiro atoms. The molecule has 2 aromatic rings. The molecule has 0 radical (unpaired) electrons. The van der Waals surface area contributed by atoms with Crippen LogP contribution in [0.2, 0.25) is 0 Å². The Bertz CT molecular complexity index is 688. The number of nitrogens with one attached hydrogen (secondary N) is 1. The van der Waals surface area contributed by atoms with Gasteiger partial charge in [0.1, 0.15) is 0 Å². The second kappa shape index (κ2) is 6.14. The summed E-state index contributed by atoms with van der Waals surface area (Å²) in [5, 5.41) is 4.13. The van der Waals surface area contributed by atoms with Gasteiger partial charge < -0.3 is 5.32 Å². The maximum absolute atomic E-state index is 11.2. The minimum Gasteiger partial charge on any atom is -0.356 e. The lowest BCUT2D eigenvalue weighted by atomic mass is 9.88. The minimum atomic E-state index is 0.0287. The molecule has 3 nitrogen and oxygen atoms in total. The van der Waals surface area contributed by atoms with Crippen molar-refractivity contribution in [1.82, 2.24) is 10.3 Å². The normalized spacial score (nSPS) is 12.7. The highest BCUT2D eigenvalue weighted by molar-refractivity contribution is 7.18. The Labute approximate surface area is 130 Å². The molecule has 1 unspecified atom stereocenters. The monoisotopic (exact) mass is 304 g/mol. The standard InChI is InChI=1S/C17H24N2OS/c1-7-14-19-16-11(4)10(3)15(12(5)17(16)21-14)9(2)8-18-13(6)20/h9H,7-8H2,1-6H3,(H,18,20). The van der Waals surface area contributed by atoms with Gasteiger partial charge in [-0.05, 0) is 55.4 Å². The van der Waals surface area contributed by atoms with Gasteiger partial charge in [0.25, 0.3) is 0 Å². The summed E-state index contributed by atoms with van der Waals surface area (Å²) in [5.74, 6) is 0.338. The van der Waals surface area contributed by atoms with Crippen LogP contribution in [0.1, 0.15) is 54.0 Å². The van der Waals surface area contributed by atoms with Gasteiger partial charge in [-0.2, -0.15) is 0 Å². The van der Waals surface area contributed by atoms with Gasteiger partial charge in [0.15, 0.2) is 0 Å². The molecular weight excluding hydrogens is 280 g/mol. The van der Waals surface area contributed by atoms with E-state index in [1.165, 1.54) is 32.0 Å². The smallest absolute Gasteiger partial charge is 0.216 e. The highest BCUT2D eigenvalue weighted by atomic mass is 32.1. The van der Waals surface area contributed by atoms with Crippen LogP contribution in [0.15, 0.2) is 0 Å². The molecule has 0 aliphatic heterocycles. The number of benzene rings is 1. The largest absolute Gasteiger partial charge is 0.356 e. The number of hydrogen-bond donors (Lipinski definition) is 1. The maximum atomic E-state index is 11.2. The van der Waals surface area contributed by atoms with Crippen LogP contribution >= 0.6 is 11.3 Å². The van der Waals surface area contributed by atoms with Gasteiger partial charge >= 0.3 is 0 Å². The number of aryl methyl sites for hydroxylation is 3. The molecule has 4 heteroatoms. The summed E-state index contributed by atoms with van der Waals surface area (Å²) in [5.41, 5.74) is 6.42. The van der Waals surface area contributed by atoms with E-state index in [-0.39, 0.29) is 5.91 Å². The maximum Gasteiger partial charge on any atom is 0.216 e. The number of amides is 1. The fraction of sp³-hybridized carbons (Fsp3) is 0.529. The summed E-state index contributed by atoms with van der Waals surface area (Å²) in [4.78, 5) is 15.9. The molecule has 0 aliphatic carbocycles. The highest BCUT2D eigenvalue weighted by Crippen LogP contribution is 2.36. The van der Waals surface area contributed by atoms with E-state index in [1.54, 1.807) is 18.3 Å². The van der Waals surface area contributed by atoms with Crippen LogP contribution in [0.5, 0.6) is 0 Å². The number of nitrogens with zero attached hydrogens (tertiary/aromatic N) is 1. The Morgan fingerprint density at radius 2 is 1.90 bits per heavy atom. The van der Waals surface area contributed by atoms with Gasteiger partial charge in [0.2, 0.25) is 5.91 Å². The lowest BCUT2D eigenvalue weighted by Gasteiger charge is -2.20. The van der Waals surface area contributed by atoms with Crippen LogP contribution in [0.3, 0.4) is 0 Å². The van der Waals surface area contributed by atoms with Crippen LogP contribution in [-0.2, 0) is 11.2 Å². The molecular formula is C17H24N2OS. The van der Waals surface area contributed by atoms with Crippen molar-refractivity contribution in [3.05, 3.63) is 27.3 Å². The number of carbonyl (C=O) groups excluding carboxylic acids is 1. The molecule has 1 aromatic heterocycles. The zero-order valence-corrected chi connectivity index (χ0v) is 14.6. The first-order chi connectivity index (χ1) is 9.86.